The summed E-state index contributed by atoms with van der Waals surface area (Å²) in [5, 5.41) is 4.96. The summed E-state index contributed by atoms with van der Waals surface area (Å²) in [5.41, 5.74) is 2.43. The lowest BCUT2D eigenvalue weighted by Gasteiger charge is -2.33. The summed E-state index contributed by atoms with van der Waals surface area (Å²) in [6, 6.07) is 14.6. The number of amides is 1. The van der Waals surface area contributed by atoms with Gasteiger partial charge >= 0.3 is 0 Å². The topological polar surface area (TPSA) is 100 Å². The van der Waals surface area contributed by atoms with Crippen molar-refractivity contribution < 1.29 is 14.3 Å². The van der Waals surface area contributed by atoms with Gasteiger partial charge in [0.25, 0.3) is 0 Å². The van der Waals surface area contributed by atoms with E-state index in [4.69, 9.17) is 24.2 Å². The van der Waals surface area contributed by atoms with Crippen LogP contribution in [0.3, 0.4) is 0 Å². The van der Waals surface area contributed by atoms with E-state index in [1.807, 2.05) is 48.4 Å². The molecule has 1 saturated heterocycles. The van der Waals surface area contributed by atoms with Crippen LogP contribution in [-0.2, 0) is 4.79 Å². The number of halogens is 1. The van der Waals surface area contributed by atoms with Crippen LogP contribution in [0.5, 0.6) is 11.5 Å². The molecular weight excluding hydrogens is 537 g/mol. The molecule has 1 amide bonds. The zero-order chi connectivity index (χ0) is 29.0. The first-order valence-corrected chi connectivity index (χ1v) is 14.4. The highest BCUT2D eigenvalue weighted by Gasteiger charge is 2.24. The number of piperidine rings is 1. The number of aldehydes is 1. The number of aromatic amines is 1. The molecule has 0 spiro atoms. The van der Waals surface area contributed by atoms with E-state index in [2.05, 4.69) is 20.3 Å². The maximum Gasteiger partial charge on any atom is 0.222 e. The van der Waals surface area contributed by atoms with Crippen LogP contribution < -0.4 is 10.1 Å². The Hall–Kier alpha value is -3.85. The van der Waals surface area contributed by atoms with Crippen molar-refractivity contribution in [1.29, 1.82) is 0 Å². The number of likely N-dealkylation sites (tertiary alicyclic amines) is 1. The number of aromatic nitrogens is 3. The molecule has 5 rings (SSSR count). The van der Waals surface area contributed by atoms with E-state index in [0.29, 0.717) is 35.4 Å². The Balaban J connectivity index is 0.000000208. The molecule has 0 aliphatic carbocycles. The van der Waals surface area contributed by atoms with Gasteiger partial charge in [-0.3, -0.25) is 9.59 Å². The second kappa shape index (κ2) is 15.2. The Kier molecular flexibility index (Phi) is 11.2. The zero-order valence-corrected chi connectivity index (χ0v) is 24.1. The third kappa shape index (κ3) is 8.57. The quantitative estimate of drug-likeness (QED) is 0.124. The van der Waals surface area contributed by atoms with Gasteiger partial charge in [0.05, 0.1) is 18.3 Å². The van der Waals surface area contributed by atoms with Gasteiger partial charge < -0.3 is 19.9 Å². The van der Waals surface area contributed by atoms with Crippen molar-refractivity contribution in [2.75, 3.05) is 18.4 Å². The Labute approximate surface area is 247 Å². The molecule has 2 aromatic heterocycles. The summed E-state index contributed by atoms with van der Waals surface area (Å²) in [5.74, 6) is 2.46. The molecule has 1 atom stereocenters. The van der Waals surface area contributed by atoms with Gasteiger partial charge in [0, 0.05) is 43.4 Å². The minimum Gasteiger partial charge on any atom is -0.457 e. The number of hydrogen-bond donors (Lipinski definition) is 2. The summed E-state index contributed by atoms with van der Waals surface area (Å²) >= 11 is 5.88. The molecule has 4 aromatic rings. The number of aryl methyl sites for hydroxylation is 1. The summed E-state index contributed by atoms with van der Waals surface area (Å²) in [4.78, 5) is 36.8. The molecule has 0 saturated carbocycles. The number of nitrogens with zero attached hydrogens (tertiary/aromatic N) is 3. The molecule has 2 aromatic carbocycles. The van der Waals surface area contributed by atoms with Crippen LogP contribution in [0.1, 0.15) is 54.4 Å². The lowest BCUT2D eigenvalue weighted by molar-refractivity contribution is -0.132. The maximum absolute atomic E-state index is 12.4. The average Bonchev–Trinajstić information content (AvgIpc) is 3.38. The number of anilines is 1. The van der Waals surface area contributed by atoms with Crippen LogP contribution in [0.15, 0.2) is 61.1 Å². The number of fused-ring (bicyclic) bond motifs is 1. The fourth-order valence-corrected chi connectivity index (χ4v) is 5.00. The summed E-state index contributed by atoms with van der Waals surface area (Å²) in [7, 11) is 5.51. The molecule has 2 radical (unpaired) electrons. The first kappa shape index (κ1) is 30.1. The number of para-hydroxylation sites is 1. The number of benzene rings is 2. The van der Waals surface area contributed by atoms with Crippen molar-refractivity contribution in [3.63, 3.8) is 0 Å². The minimum atomic E-state index is 0.231. The number of ether oxygens (including phenoxy) is 1. The predicted octanol–water partition coefficient (Wildman–Crippen LogP) is 6.76. The van der Waals surface area contributed by atoms with Crippen molar-refractivity contribution in [3.05, 3.63) is 77.2 Å². The maximum atomic E-state index is 12.4. The standard InChI is InChI=1S/C18H26BN5O.C13H9ClO2/c1-13-10-20-17-16(13)18(22-12-21-17)23-14-6-5-9-24(11-14)15(25)7-3-2-4-8-19;14-13-8-12(7-6-10(13)9-15)16-11-4-2-1-3-5-11/h10,12,14H,2-9,11H2,1H3,(H2,20,21,22,23);1-9H. The Bertz CT molecular complexity index is 1430. The lowest BCUT2D eigenvalue weighted by Crippen LogP contribution is -2.45. The predicted molar refractivity (Wildman–Crippen MR) is 164 cm³/mol. The highest BCUT2D eigenvalue weighted by molar-refractivity contribution is 6.33. The van der Waals surface area contributed by atoms with Crippen LogP contribution in [0.4, 0.5) is 5.82 Å². The van der Waals surface area contributed by atoms with E-state index >= 15 is 0 Å². The van der Waals surface area contributed by atoms with Gasteiger partial charge in [0.15, 0.2) is 6.29 Å². The molecule has 2 N–H and O–H groups in total. The molecular formula is C31H35BClN5O3. The van der Waals surface area contributed by atoms with Crippen LogP contribution in [0.2, 0.25) is 11.3 Å². The highest BCUT2D eigenvalue weighted by atomic mass is 35.5. The number of rotatable bonds is 10. The first-order valence-electron chi connectivity index (χ1n) is 14.0. The molecule has 8 nitrogen and oxygen atoms in total. The van der Waals surface area contributed by atoms with Gasteiger partial charge in [-0.15, -0.1) is 0 Å². The van der Waals surface area contributed by atoms with E-state index in [1.54, 1.807) is 24.5 Å². The molecule has 3 heterocycles. The largest absolute Gasteiger partial charge is 0.457 e. The normalized spacial score (nSPS) is 14.7. The third-order valence-corrected chi connectivity index (χ3v) is 7.28. The van der Waals surface area contributed by atoms with Crippen LogP contribution in [0.25, 0.3) is 11.0 Å². The molecule has 10 heteroatoms. The second-order valence-corrected chi connectivity index (χ2v) is 10.5. The van der Waals surface area contributed by atoms with Gasteiger partial charge in [-0.1, -0.05) is 49.0 Å². The van der Waals surface area contributed by atoms with Crippen molar-refractivity contribution in [3.8, 4) is 11.5 Å². The minimum absolute atomic E-state index is 0.231. The van der Waals surface area contributed by atoms with E-state index in [0.717, 1.165) is 73.4 Å². The van der Waals surface area contributed by atoms with E-state index in [9.17, 15) is 9.59 Å². The van der Waals surface area contributed by atoms with Gasteiger partial charge in [0.2, 0.25) is 5.91 Å². The number of H-pyrrole nitrogens is 1. The average molecular weight is 572 g/mol. The van der Waals surface area contributed by atoms with Crippen molar-refractivity contribution in [1.82, 2.24) is 19.9 Å². The first-order chi connectivity index (χ1) is 20.0. The van der Waals surface area contributed by atoms with Crippen LogP contribution >= 0.6 is 11.6 Å². The molecule has 1 aliphatic rings. The van der Waals surface area contributed by atoms with E-state index < -0.39 is 0 Å². The van der Waals surface area contributed by atoms with E-state index in [-0.39, 0.29) is 11.9 Å². The number of hydrogen-bond acceptors (Lipinski definition) is 6. The third-order valence-electron chi connectivity index (χ3n) is 6.95. The van der Waals surface area contributed by atoms with Gasteiger partial charge in [0.1, 0.15) is 29.3 Å². The molecule has 0 bridgehead atoms. The van der Waals surface area contributed by atoms with Crippen LogP contribution in [0, 0.1) is 6.92 Å². The van der Waals surface area contributed by atoms with Crippen molar-refractivity contribution in [2.24, 2.45) is 0 Å². The summed E-state index contributed by atoms with van der Waals surface area (Å²) < 4.78 is 5.56. The fourth-order valence-electron chi connectivity index (χ4n) is 4.79. The summed E-state index contributed by atoms with van der Waals surface area (Å²) in [6.07, 6.45) is 10.6. The monoisotopic (exact) mass is 571 g/mol. The fraction of sp³-hybridized carbons (Fsp3) is 0.355. The Morgan fingerprint density at radius 1 is 1.17 bits per heavy atom. The Morgan fingerprint density at radius 3 is 2.76 bits per heavy atom. The van der Waals surface area contributed by atoms with Gasteiger partial charge in [-0.2, -0.15) is 0 Å². The molecule has 1 aliphatic heterocycles. The zero-order valence-electron chi connectivity index (χ0n) is 23.3. The SMILES string of the molecule is O=Cc1ccc(Oc2ccccc2)cc1Cl.[B]CCCCCC(=O)N1CCCC(Nc2ncnc3[nH]cc(C)c23)C1. The molecule has 1 unspecified atom stereocenters. The second-order valence-electron chi connectivity index (χ2n) is 10.1. The number of unbranched alkanes of at least 4 members (excludes halogenated alkanes) is 2. The smallest absolute Gasteiger partial charge is 0.222 e. The van der Waals surface area contributed by atoms with Gasteiger partial charge in [-0.25, -0.2) is 9.97 Å². The number of carbonyl (C=O) groups is 2. The molecule has 41 heavy (non-hydrogen) atoms. The van der Waals surface area contributed by atoms with Crippen LogP contribution in [-0.4, -0.2) is 59.0 Å². The van der Waals surface area contributed by atoms with Gasteiger partial charge in [-0.05, 0) is 56.0 Å². The van der Waals surface area contributed by atoms with Crippen molar-refractivity contribution in [2.45, 2.75) is 57.8 Å². The summed E-state index contributed by atoms with van der Waals surface area (Å²) in [6.45, 7) is 3.65. The van der Waals surface area contributed by atoms with E-state index in [1.165, 1.54) is 0 Å². The Morgan fingerprint density at radius 2 is 2.00 bits per heavy atom. The lowest BCUT2D eigenvalue weighted by atomic mass is 9.98. The van der Waals surface area contributed by atoms with Crippen molar-refractivity contribution >= 4 is 48.5 Å². The number of carbonyl (C=O) groups excluding carboxylic acids is 2. The number of nitrogens with one attached hydrogen (secondary N) is 2. The molecule has 212 valence electrons. The highest BCUT2D eigenvalue weighted by Crippen LogP contribution is 2.26. The molecule has 1 fully saturated rings.